The predicted molar refractivity (Wildman–Crippen MR) is 70.7 cm³/mol. The van der Waals surface area contributed by atoms with E-state index in [1.807, 2.05) is 12.1 Å². The van der Waals surface area contributed by atoms with E-state index in [4.69, 9.17) is 5.11 Å². The van der Waals surface area contributed by atoms with Gasteiger partial charge in [-0.2, -0.15) is 0 Å². The molecule has 1 saturated carbocycles. The summed E-state index contributed by atoms with van der Waals surface area (Å²) in [5.74, 6) is 0.982. The summed E-state index contributed by atoms with van der Waals surface area (Å²) in [4.78, 5) is 0. The fourth-order valence-corrected chi connectivity index (χ4v) is 2.31. The minimum atomic E-state index is -0.179. The lowest BCUT2D eigenvalue weighted by atomic mass is 10.0. The molecule has 0 spiro atoms. The lowest BCUT2D eigenvalue weighted by Gasteiger charge is -2.21. The Morgan fingerprint density at radius 3 is 2.56 bits per heavy atom. The summed E-state index contributed by atoms with van der Waals surface area (Å²) in [5.41, 5.74) is 1.18. The van der Waals surface area contributed by atoms with Crippen molar-refractivity contribution < 1.29 is 9.50 Å². The van der Waals surface area contributed by atoms with Crippen LogP contribution < -0.4 is 5.32 Å². The number of nitrogens with one attached hydrogen (secondary N) is 1. The highest BCUT2D eigenvalue weighted by molar-refractivity contribution is 5.22. The molecule has 1 aromatic carbocycles. The van der Waals surface area contributed by atoms with Crippen molar-refractivity contribution in [2.75, 3.05) is 13.2 Å². The van der Waals surface area contributed by atoms with Crippen LogP contribution >= 0.6 is 0 Å². The number of hydrogen-bond donors (Lipinski definition) is 2. The van der Waals surface area contributed by atoms with Crippen LogP contribution in [0.1, 0.15) is 37.8 Å². The van der Waals surface area contributed by atoms with Crippen molar-refractivity contribution in [3.63, 3.8) is 0 Å². The number of rotatable bonds is 7. The first kappa shape index (κ1) is 13.5. The molecule has 0 saturated heterocycles. The Kier molecular flexibility index (Phi) is 4.72. The van der Waals surface area contributed by atoms with Crippen molar-refractivity contribution in [2.45, 2.75) is 32.2 Å². The Bertz CT molecular complexity index is 361. The van der Waals surface area contributed by atoms with E-state index in [1.54, 1.807) is 0 Å². The summed E-state index contributed by atoms with van der Waals surface area (Å²) in [5, 5.41) is 12.5. The molecule has 2 atom stereocenters. The lowest BCUT2D eigenvalue weighted by Crippen LogP contribution is -2.28. The van der Waals surface area contributed by atoms with Gasteiger partial charge in [0.2, 0.25) is 0 Å². The second-order valence-corrected chi connectivity index (χ2v) is 5.39. The molecule has 1 fully saturated rings. The number of benzene rings is 1. The predicted octanol–water partition coefficient (Wildman–Crippen LogP) is 2.88. The van der Waals surface area contributed by atoms with E-state index in [9.17, 15) is 4.39 Å². The van der Waals surface area contributed by atoms with Gasteiger partial charge in [-0.25, -0.2) is 4.39 Å². The molecule has 2 nitrogen and oxygen atoms in total. The van der Waals surface area contributed by atoms with Gasteiger partial charge in [0.05, 0.1) is 0 Å². The fourth-order valence-electron chi connectivity index (χ4n) is 2.31. The highest BCUT2D eigenvalue weighted by Gasteiger charge is 2.32. The molecule has 0 heterocycles. The summed E-state index contributed by atoms with van der Waals surface area (Å²) >= 11 is 0. The maximum Gasteiger partial charge on any atom is 0.123 e. The van der Waals surface area contributed by atoms with Crippen LogP contribution in [-0.4, -0.2) is 18.3 Å². The van der Waals surface area contributed by atoms with E-state index in [1.165, 1.54) is 30.5 Å². The maximum atomic E-state index is 12.9. The molecular formula is C15H22FNO. The Labute approximate surface area is 108 Å². The van der Waals surface area contributed by atoms with E-state index >= 15 is 0 Å². The molecule has 2 unspecified atom stereocenters. The van der Waals surface area contributed by atoms with Crippen LogP contribution in [0.2, 0.25) is 0 Å². The molecule has 0 aliphatic heterocycles. The average molecular weight is 251 g/mol. The number of aliphatic hydroxyl groups is 1. The molecule has 1 aliphatic rings. The highest BCUT2D eigenvalue weighted by Crippen LogP contribution is 2.41. The van der Waals surface area contributed by atoms with Crippen LogP contribution in [0, 0.1) is 17.7 Å². The topological polar surface area (TPSA) is 32.3 Å². The van der Waals surface area contributed by atoms with Gasteiger partial charge in [0.15, 0.2) is 0 Å². The minimum absolute atomic E-state index is 0.179. The third-order valence-corrected chi connectivity index (χ3v) is 3.63. The van der Waals surface area contributed by atoms with Crippen LogP contribution in [0.4, 0.5) is 4.39 Å². The number of halogens is 1. The molecular weight excluding hydrogens is 229 g/mol. The van der Waals surface area contributed by atoms with E-state index in [2.05, 4.69) is 12.2 Å². The summed E-state index contributed by atoms with van der Waals surface area (Å²) in [6.45, 7) is 3.28. The molecule has 0 bridgehead atoms. The van der Waals surface area contributed by atoms with E-state index < -0.39 is 0 Å². The summed E-state index contributed by atoms with van der Waals surface area (Å²) in [6, 6.07) is 7.16. The van der Waals surface area contributed by atoms with E-state index in [0.717, 1.165) is 13.0 Å². The van der Waals surface area contributed by atoms with Gasteiger partial charge in [0.1, 0.15) is 5.82 Å². The lowest BCUT2D eigenvalue weighted by molar-refractivity contribution is 0.256. The molecule has 0 radical (unpaired) electrons. The van der Waals surface area contributed by atoms with Gasteiger partial charge in [0, 0.05) is 12.6 Å². The molecule has 0 amide bonds. The molecule has 100 valence electrons. The quantitative estimate of drug-likeness (QED) is 0.781. The Morgan fingerprint density at radius 1 is 1.33 bits per heavy atom. The van der Waals surface area contributed by atoms with E-state index in [0.29, 0.717) is 17.9 Å². The van der Waals surface area contributed by atoms with Crippen LogP contribution in [0.25, 0.3) is 0 Å². The molecule has 0 aromatic heterocycles. The average Bonchev–Trinajstić information content (AvgIpc) is 3.16. The first-order valence-electron chi connectivity index (χ1n) is 6.80. The van der Waals surface area contributed by atoms with Crippen molar-refractivity contribution in [2.24, 2.45) is 11.8 Å². The van der Waals surface area contributed by atoms with Gasteiger partial charge in [-0.1, -0.05) is 19.1 Å². The normalized spacial score (nSPS) is 18.6. The van der Waals surface area contributed by atoms with Crippen LogP contribution in [0.3, 0.4) is 0 Å². The molecule has 1 aliphatic carbocycles. The molecule has 2 N–H and O–H groups in total. The van der Waals surface area contributed by atoms with Crippen molar-refractivity contribution in [3.05, 3.63) is 35.6 Å². The van der Waals surface area contributed by atoms with Gasteiger partial charge >= 0.3 is 0 Å². The van der Waals surface area contributed by atoms with Crippen molar-refractivity contribution in [1.29, 1.82) is 0 Å². The zero-order chi connectivity index (χ0) is 13.0. The Hall–Kier alpha value is -0.930. The van der Waals surface area contributed by atoms with Crippen molar-refractivity contribution >= 4 is 0 Å². The first-order chi connectivity index (χ1) is 8.70. The van der Waals surface area contributed by atoms with Gasteiger partial charge in [-0.3, -0.25) is 0 Å². The molecule has 1 aromatic rings. The van der Waals surface area contributed by atoms with Crippen molar-refractivity contribution in [1.82, 2.24) is 5.32 Å². The van der Waals surface area contributed by atoms with Gasteiger partial charge in [-0.05, 0) is 55.3 Å². The number of hydrogen-bond acceptors (Lipinski definition) is 2. The maximum absolute atomic E-state index is 12.9. The van der Waals surface area contributed by atoms with Crippen LogP contribution in [-0.2, 0) is 0 Å². The smallest absolute Gasteiger partial charge is 0.123 e. The minimum Gasteiger partial charge on any atom is -0.396 e. The largest absolute Gasteiger partial charge is 0.396 e. The van der Waals surface area contributed by atoms with E-state index in [-0.39, 0.29) is 12.4 Å². The SMILES string of the molecule is CC(CCO)CNC(c1ccc(F)cc1)C1CC1. The van der Waals surface area contributed by atoms with Crippen molar-refractivity contribution in [3.8, 4) is 0 Å². The Morgan fingerprint density at radius 2 is 2.00 bits per heavy atom. The second-order valence-electron chi connectivity index (χ2n) is 5.39. The standard InChI is InChI=1S/C15H22FNO/c1-11(8-9-18)10-17-15(12-2-3-12)13-4-6-14(16)7-5-13/h4-7,11-12,15,17-18H,2-3,8-10H2,1H3. The molecule has 3 heteroatoms. The molecule has 2 rings (SSSR count). The summed E-state index contributed by atoms with van der Waals surface area (Å²) in [6.07, 6.45) is 3.33. The second kappa shape index (κ2) is 6.30. The fraction of sp³-hybridized carbons (Fsp3) is 0.600. The van der Waals surface area contributed by atoms with Gasteiger partial charge < -0.3 is 10.4 Å². The van der Waals surface area contributed by atoms with Crippen LogP contribution in [0.5, 0.6) is 0 Å². The highest BCUT2D eigenvalue weighted by atomic mass is 19.1. The third kappa shape index (κ3) is 3.79. The monoisotopic (exact) mass is 251 g/mol. The first-order valence-corrected chi connectivity index (χ1v) is 6.80. The third-order valence-electron chi connectivity index (χ3n) is 3.63. The number of aliphatic hydroxyl groups excluding tert-OH is 1. The summed E-state index contributed by atoms with van der Waals surface area (Å²) < 4.78 is 12.9. The van der Waals surface area contributed by atoms with Gasteiger partial charge in [0.25, 0.3) is 0 Å². The zero-order valence-electron chi connectivity index (χ0n) is 10.9. The summed E-state index contributed by atoms with van der Waals surface area (Å²) in [7, 11) is 0. The zero-order valence-corrected chi connectivity index (χ0v) is 10.9. The molecule has 18 heavy (non-hydrogen) atoms. The van der Waals surface area contributed by atoms with Crippen LogP contribution in [0.15, 0.2) is 24.3 Å². The Balaban J connectivity index is 1.94. The van der Waals surface area contributed by atoms with Gasteiger partial charge in [-0.15, -0.1) is 0 Å².